The van der Waals surface area contributed by atoms with Gasteiger partial charge in [-0.05, 0) is 12.8 Å². The van der Waals surface area contributed by atoms with Gasteiger partial charge in [-0.1, -0.05) is 45.4 Å². The Bertz CT molecular complexity index is 225. The molecule has 100 valence electrons. The molecule has 0 spiro atoms. The van der Waals surface area contributed by atoms with Crippen LogP contribution in [0.15, 0.2) is 0 Å². The van der Waals surface area contributed by atoms with E-state index in [9.17, 15) is 9.59 Å². The summed E-state index contributed by atoms with van der Waals surface area (Å²) >= 11 is 0. The smallest absolute Gasteiger partial charge is 0.306 e. The molecule has 0 saturated carbocycles. The standard InChI is InChI=1S/C13H24O4/c1-2-3-4-5-6-7-8-11(13(16)17)9-10-12(14)15/h11H,2-10H2,1H3,(H,14,15)(H,16,17). The summed E-state index contributed by atoms with van der Waals surface area (Å²) in [5.41, 5.74) is 0. The van der Waals surface area contributed by atoms with Gasteiger partial charge < -0.3 is 10.2 Å². The molecule has 1 atom stereocenters. The first-order valence-electron chi connectivity index (χ1n) is 6.52. The molecule has 0 aromatic heterocycles. The number of aliphatic carboxylic acids is 2. The number of carbonyl (C=O) groups is 2. The molecular weight excluding hydrogens is 220 g/mol. The Morgan fingerprint density at radius 2 is 1.53 bits per heavy atom. The zero-order valence-electron chi connectivity index (χ0n) is 10.7. The fraction of sp³-hybridized carbons (Fsp3) is 0.846. The zero-order valence-corrected chi connectivity index (χ0v) is 10.7. The van der Waals surface area contributed by atoms with Crippen molar-refractivity contribution in [2.24, 2.45) is 5.92 Å². The highest BCUT2D eigenvalue weighted by molar-refractivity contribution is 5.72. The van der Waals surface area contributed by atoms with Crippen LogP contribution < -0.4 is 0 Å². The van der Waals surface area contributed by atoms with E-state index in [0.29, 0.717) is 6.42 Å². The molecule has 4 heteroatoms. The van der Waals surface area contributed by atoms with E-state index in [1.807, 2.05) is 0 Å². The second kappa shape index (κ2) is 10.1. The highest BCUT2D eigenvalue weighted by atomic mass is 16.4. The SMILES string of the molecule is CCCCCCCCC(CCC(=O)O)C(=O)O. The first-order valence-corrected chi connectivity index (χ1v) is 6.52. The van der Waals surface area contributed by atoms with Crippen molar-refractivity contribution in [1.82, 2.24) is 0 Å². The molecule has 17 heavy (non-hydrogen) atoms. The molecule has 0 bridgehead atoms. The third-order valence-corrected chi connectivity index (χ3v) is 2.96. The van der Waals surface area contributed by atoms with Crippen molar-refractivity contribution in [3.63, 3.8) is 0 Å². The van der Waals surface area contributed by atoms with E-state index in [-0.39, 0.29) is 12.8 Å². The minimum Gasteiger partial charge on any atom is -0.481 e. The van der Waals surface area contributed by atoms with Crippen LogP contribution >= 0.6 is 0 Å². The summed E-state index contributed by atoms with van der Waals surface area (Å²) in [6, 6.07) is 0. The molecule has 0 aromatic carbocycles. The summed E-state index contributed by atoms with van der Waals surface area (Å²) < 4.78 is 0. The van der Waals surface area contributed by atoms with Crippen molar-refractivity contribution in [3.05, 3.63) is 0 Å². The summed E-state index contributed by atoms with van der Waals surface area (Å²) in [5.74, 6) is -2.27. The molecule has 1 unspecified atom stereocenters. The molecule has 0 fully saturated rings. The molecule has 0 saturated heterocycles. The number of carboxylic acid groups (broad SMARTS) is 2. The van der Waals surface area contributed by atoms with Crippen molar-refractivity contribution in [2.45, 2.75) is 64.7 Å². The second-order valence-electron chi connectivity index (χ2n) is 4.52. The van der Waals surface area contributed by atoms with E-state index in [1.54, 1.807) is 0 Å². The Balaban J connectivity index is 3.63. The summed E-state index contributed by atoms with van der Waals surface area (Å²) in [6.07, 6.45) is 7.55. The second-order valence-corrected chi connectivity index (χ2v) is 4.52. The average Bonchev–Trinajstić information content (AvgIpc) is 2.26. The molecule has 0 amide bonds. The summed E-state index contributed by atoms with van der Waals surface area (Å²) in [7, 11) is 0. The lowest BCUT2D eigenvalue weighted by atomic mass is 9.96. The molecular formula is C13H24O4. The third-order valence-electron chi connectivity index (χ3n) is 2.96. The van der Waals surface area contributed by atoms with E-state index in [0.717, 1.165) is 19.3 Å². The van der Waals surface area contributed by atoms with Gasteiger partial charge in [-0.25, -0.2) is 0 Å². The van der Waals surface area contributed by atoms with Crippen molar-refractivity contribution < 1.29 is 19.8 Å². The van der Waals surface area contributed by atoms with Crippen LogP contribution in [0.3, 0.4) is 0 Å². The van der Waals surface area contributed by atoms with Gasteiger partial charge in [0.25, 0.3) is 0 Å². The van der Waals surface area contributed by atoms with Gasteiger partial charge >= 0.3 is 11.9 Å². The third kappa shape index (κ3) is 9.85. The highest BCUT2D eigenvalue weighted by Crippen LogP contribution is 2.17. The number of hydrogen-bond donors (Lipinski definition) is 2. The van der Waals surface area contributed by atoms with E-state index < -0.39 is 17.9 Å². The van der Waals surface area contributed by atoms with E-state index >= 15 is 0 Å². The largest absolute Gasteiger partial charge is 0.481 e. The van der Waals surface area contributed by atoms with Gasteiger partial charge in [0.15, 0.2) is 0 Å². The van der Waals surface area contributed by atoms with Crippen LogP contribution in [0.5, 0.6) is 0 Å². The molecule has 0 aliphatic heterocycles. The number of unbranched alkanes of at least 4 members (excludes halogenated alkanes) is 5. The maximum atomic E-state index is 10.9. The fourth-order valence-electron chi connectivity index (χ4n) is 1.86. The minimum atomic E-state index is -0.917. The monoisotopic (exact) mass is 244 g/mol. The minimum absolute atomic E-state index is 0.0488. The normalized spacial score (nSPS) is 12.3. The Labute approximate surface area is 103 Å². The maximum absolute atomic E-state index is 10.9. The van der Waals surface area contributed by atoms with E-state index in [4.69, 9.17) is 10.2 Å². The molecule has 0 heterocycles. The van der Waals surface area contributed by atoms with Gasteiger partial charge in [0.2, 0.25) is 0 Å². The quantitative estimate of drug-likeness (QED) is 0.547. The predicted octanol–water partition coefficient (Wildman–Crippen LogP) is 3.30. The predicted molar refractivity (Wildman–Crippen MR) is 66.0 cm³/mol. The molecule has 0 rings (SSSR count). The van der Waals surface area contributed by atoms with Crippen molar-refractivity contribution in [1.29, 1.82) is 0 Å². The van der Waals surface area contributed by atoms with Gasteiger partial charge in [-0.15, -0.1) is 0 Å². The van der Waals surface area contributed by atoms with Crippen LogP contribution in [0.25, 0.3) is 0 Å². The van der Waals surface area contributed by atoms with Crippen LogP contribution in [-0.2, 0) is 9.59 Å². The number of carboxylic acids is 2. The van der Waals surface area contributed by atoms with Crippen LogP contribution in [0.2, 0.25) is 0 Å². The Morgan fingerprint density at radius 1 is 0.941 bits per heavy atom. The maximum Gasteiger partial charge on any atom is 0.306 e. The number of hydrogen-bond acceptors (Lipinski definition) is 2. The Hall–Kier alpha value is -1.06. The Kier molecular flexibility index (Phi) is 9.49. The van der Waals surface area contributed by atoms with Crippen LogP contribution in [-0.4, -0.2) is 22.2 Å². The molecule has 0 aliphatic rings. The fourth-order valence-corrected chi connectivity index (χ4v) is 1.86. The van der Waals surface area contributed by atoms with Crippen LogP contribution in [0.1, 0.15) is 64.7 Å². The van der Waals surface area contributed by atoms with Crippen molar-refractivity contribution in [2.75, 3.05) is 0 Å². The summed E-state index contributed by atoms with van der Waals surface area (Å²) in [6.45, 7) is 2.16. The first kappa shape index (κ1) is 15.9. The van der Waals surface area contributed by atoms with Gasteiger partial charge in [0.05, 0.1) is 5.92 Å². The summed E-state index contributed by atoms with van der Waals surface area (Å²) in [4.78, 5) is 21.3. The molecule has 0 aromatic rings. The van der Waals surface area contributed by atoms with Crippen LogP contribution in [0, 0.1) is 5.92 Å². The molecule has 4 nitrogen and oxygen atoms in total. The highest BCUT2D eigenvalue weighted by Gasteiger charge is 2.17. The summed E-state index contributed by atoms with van der Waals surface area (Å²) in [5, 5.41) is 17.5. The van der Waals surface area contributed by atoms with Gasteiger partial charge in [0, 0.05) is 6.42 Å². The topological polar surface area (TPSA) is 74.6 Å². The Morgan fingerprint density at radius 3 is 2.06 bits per heavy atom. The van der Waals surface area contributed by atoms with Crippen molar-refractivity contribution >= 4 is 11.9 Å². The van der Waals surface area contributed by atoms with Gasteiger partial charge in [-0.3, -0.25) is 9.59 Å². The van der Waals surface area contributed by atoms with Crippen LogP contribution in [0.4, 0.5) is 0 Å². The molecule has 0 aliphatic carbocycles. The zero-order chi connectivity index (χ0) is 13.1. The molecule has 2 N–H and O–H groups in total. The lowest BCUT2D eigenvalue weighted by Crippen LogP contribution is -2.15. The lowest BCUT2D eigenvalue weighted by Gasteiger charge is -2.10. The van der Waals surface area contributed by atoms with Crippen molar-refractivity contribution in [3.8, 4) is 0 Å². The number of rotatable bonds is 11. The lowest BCUT2D eigenvalue weighted by molar-refractivity contribution is -0.143. The molecule has 0 radical (unpaired) electrons. The van der Waals surface area contributed by atoms with Gasteiger partial charge in [-0.2, -0.15) is 0 Å². The first-order chi connectivity index (χ1) is 8.07. The van der Waals surface area contributed by atoms with E-state index in [2.05, 4.69) is 6.92 Å². The average molecular weight is 244 g/mol. The van der Waals surface area contributed by atoms with Gasteiger partial charge in [0.1, 0.15) is 0 Å². The van der Waals surface area contributed by atoms with E-state index in [1.165, 1.54) is 19.3 Å².